The highest BCUT2D eigenvalue weighted by Crippen LogP contribution is 2.44. The topological polar surface area (TPSA) is 12.0 Å². The van der Waals surface area contributed by atoms with E-state index in [0.717, 1.165) is 0 Å². The molecular weight excluding hydrogens is 350 g/mol. The molecule has 1 saturated carbocycles. The number of rotatable bonds is 3. The molecule has 2 rings (SSSR count). The van der Waals surface area contributed by atoms with Gasteiger partial charge in [-0.15, -0.1) is 0 Å². The number of hydrogen-bond acceptors (Lipinski definition) is 1. The molecule has 1 fully saturated rings. The molecule has 0 aromatic heterocycles. The minimum absolute atomic E-state index is 0.0565. The second-order valence-corrected chi connectivity index (χ2v) is 6.43. The van der Waals surface area contributed by atoms with Crippen LogP contribution in [0.25, 0.3) is 0 Å². The molecule has 0 spiro atoms. The summed E-state index contributed by atoms with van der Waals surface area (Å²) in [5, 5.41) is 3.00. The summed E-state index contributed by atoms with van der Waals surface area (Å²) >= 11 is 3.13. The van der Waals surface area contributed by atoms with Crippen LogP contribution in [0.15, 0.2) is 22.7 Å². The maximum atomic E-state index is 14.2. The van der Waals surface area contributed by atoms with Crippen LogP contribution in [-0.4, -0.2) is 13.2 Å². The molecule has 1 N–H and O–H groups in total. The van der Waals surface area contributed by atoms with Crippen LogP contribution in [0.5, 0.6) is 0 Å². The number of alkyl halides is 3. The lowest BCUT2D eigenvalue weighted by atomic mass is 9.75. The van der Waals surface area contributed by atoms with Crippen molar-refractivity contribution in [2.24, 2.45) is 11.8 Å². The Morgan fingerprint density at radius 1 is 1.29 bits per heavy atom. The van der Waals surface area contributed by atoms with E-state index in [0.29, 0.717) is 22.9 Å². The molecular formula is C15H18BrF4N. The van der Waals surface area contributed by atoms with E-state index in [4.69, 9.17) is 0 Å². The fourth-order valence-corrected chi connectivity index (χ4v) is 3.61. The molecule has 0 aliphatic heterocycles. The quantitative estimate of drug-likeness (QED) is 0.722. The van der Waals surface area contributed by atoms with E-state index in [-0.39, 0.29) is 18.8 Å². The van der Waals surface area contributed by atoms with Crippen molar-refractivity contribution in [3.63, 3.8) is 0 Å². The molecule has 0 heterocycles. The summed E-state index contributed by atoms with van der Waals surface area (Å²) in [5.41, 5.74) is 0.430. The maximum Gasteiger partial charge on any atom is 0.391 e. The van der Waals surface area contributed by atoms with Gasteiger partial charge < -0.3 is 5.32 Å². The Morgan fingerprint density at radius 3 is 2.62 bits per heavy atom. The van der Waals surface area contributed by atoms with E-state index < -0.39 is 24.0 Å². The third-order valence-corrected chi connectivity index (χ3v) is 4.89. The number of benzene rings is 1. The minimum atomic E-state index is -4.16. The summed E-state index contributed by atoms with van der Waals surface area (Å²) < 4.78 is 53.3. The van der Waals surface area contributed by atoms with Crippen LogP contribution < -0.4 is 5.32 Å². The van der Waals surface area contributed by atoms with Gasteiger partial charge in [-0.25, -0.2) is 4.39 Å². The normalized spacial score (nSPS) is 24.9. The first-order chi connectivity index (χ1) is 9.84. The summed E-state index contributed by atoms with van der Waals surface area (Å²) in [6, 6.07) is 4.54. The van der Waals surface area contributed by atoms with Crippen molar-refractivity contribution in [1.29, 1.82) is 0 Å². The second-order valence-electron chi connectivity index (χ2n) is 5.57. The zero-order valence-corrected chi connectivity index (χ0v) is 13.3. The lowest BCUT2D eigenvalue weighted by Crippen LogP contribution is -2.35. The van der Waals surface area contributed by atoms with Crippen molar-refractivity contribution in [2.45, 2.75) is 37.9 Å². The fraction of sp³-hybridized carbons (Fsp3) is 0.600. The van der Waals surface area contributed by atoms with Crippen molar-refractivity contribution in [1.82, 2.24) is 5.32 Å². The molecule has 0 amide bonds. The third kappa shape index (κ3) is 3.77. The van der Waals surface area contributed by atoms with E-state index in [1.54, 1.807) is 25.2 Å². The highest BCUT2D eigenvalue weighted by Gasteiger charge is 2.43. The van der Waals surface area contributed by atoms with Gasteiger partial charge in [0.1, 0.15) is 5.82 Å². The molecule has 1 aliphatic carbocycles. The SMILES string of the molecule is CNC(c1cccc(Br)c1F)C1CCCC(C(F)(F)F)C1. The molecule has 0 saturated heterocycles. The summed E-state index contributed by atoms with van der Waals surface area (Å²) in [6.07, 6.45) is -2.71. The predicted molar refractivity (Wildman–Crippen MR) is 77.4 cm³/mol. The van der Waals surface area contributed by atoms with E-state index in [2.05, 4.69) is 21.2 Å². The van der Waals surface area contributed by atoms with Gasteiger partial charge in [0.15, 0.2) is 0 Å². The lowest BCUT2D eigenvalue weighted by Gasteiger charge is -2.35. The van der Waals surface area contributed by atoms with Crippen LogP contribution >= 0.6 is 15.9 Å². The first-order valence-corrected chi connectivity index (χ1v) is 7.81. The van der Waals surface area contributed by atoms with Crippen molar-refractivity contribution >= 4 is 15.9 Å². The Balaban J connectivity index is 2.23. The molecule has 0 radical (unpaired) electrons. The molecule has 1 aromatic rings. The van der Waals surface area contributed by atoms with Crippen LogP contribution in [0.4, 0.5) is 17.6 Å². The number of halogens is 5. The van der Waals surface area contributed by atoms with E-state index >= 15 is 0 Å². The van der Waals surface area contributed by atoms with Crippen molar-refractivity contribution in [2.75, 3.05) is 7.05 Å². The molecule has 118 valence electrons. The van der Waals surface area contributed by atoms with Crippen LogP contribution in [0.1, 0.15) is 37.3 Å². The first kappa shape index (κ1) is 16.7. The average molecular weight is 368 g/mol. The second kappa shape index (κ2) is 6.65. The molecule has 6 heteroatoms. The van der Waals surface area contributed by atoms with Gasteiger partial charge in [-0.1, -0.05) is 18.6 Å². The monoisotopic (exact) mass is 367 g/mol. The predicted octanol–water partition coefficient (Wildman–Crippen LogP) is 5.22. The van der Waals surface area contributed by atoms with E-state index in [9.17, 15) is 17.6 Å². The highest BCUT2D eigenvalue weighted by molar-refractivity contribution is 9.10. The molecule has 3 unspecified atom stereocenters. The highest BCUT2D eigenvalue weighted by atomic mass is 79.9. The molecule has 21 heavy (non-hydrogen) atoms. The molecule has 1 aliphatic rings. The van der Waals surface area contributed by atoms with Crippen LogP contribution in [0.2, 0.25) is 0 Å². The van der Waals surface area contributed by atoms with Crippen LogP contribution in [0, 0.1) is 17.7 Å². The smallest absolute Gasteiger partial charge is 0.313 e. The van der Waals surface area contributed by atoms with E-state index in [1.807, 2.05) is 0 Å². The Morgan fingerprint density at radius 2 is 2.00 bits per heavy atom. The maximum absolute atomic E-state index is 14.2. The van der Waals surface area contributed by atoms with E-state index in [1.165, 1.54) is 0 Å². The standard InChI is InChI=1S/C15H18BrF4N/c1-21-14(11-6-3-7-12(16)13(11)17)9-4-2-5-10(8-9)15(18,19)20/h3,6-7,9-10,14,21H,2,4-5,8H2,1H3. The Hall–Kier alpha value is -0.620. The van der Waals surface area contributed by atoms with Gasteiger partial charge in [0, 0.05) is 11.6 Å². The summed E-state index contributed by atoms with van der Waals surface area (Å²) in [7, 11) is 1.67. The molecule has 1 aromatic carbocycles. The molecule has 3 atom stereocenters. The van der Waals surface area contributed by atoms with Crippen molar-refractivity contribution in [3.8, 4) is 0 Å². The van der Waals surface area contributed by atoms with Gasteiger partial charge in [0.05, 0.1) is 10.4 Å². The van der Waals surface area contributed by atoms with Gasteiger partial charge in [0.25, 0.3) is 0 Å². The first-order valence-electron chi connectivity index (χ1n) is 7.02. The Bertz CT molecular complexity index is 489. The van der Waals surface area contributed by atoms with Gasteiger partial charge in [-0.2, -0.15) is 13.2 Å². The number of nitrogens with one attached hydrogen (secondary N) is 1. The Labute approximate surface area is 130 Å². The van der Waals surface area contributed by atoms with Crippen molar-refractivity contribution < 1.29 is 17.6 Å². The van der Waals surface area contributed by atoms with Gasteiger partial charge >= 0.3 is 6.18 Å². The summed E-state index contributed by atoms with van der Waals surface area (Å²) in [5.74, 6) is -1.88. The summed E-state index contributed by atoms with van der Waals surface area (Å²) in [4.78, 5) is 0. The zero-order valence-electron chi connectivity index (χ0n) is 11.7. The summed E-state index contributed by atoms with van der Waals surface area (Å²) in [6.45, 7) is 0. The minimum Gasteiger partial charge on any atom is -0.313 e. The molecule has 0 bridgehead atoms. The van der Waals surface area contributed by atoms with Gasteiger partial charge in [-0.3, -0.25) is 0 Å². The zero-order chi connectivity index (χ0) is 15.6. The lowest BCUT2D eigenvalue weighted by molar-refractivity contribution is -0.186. The third-order valence-electron chi connectivity index (χ3n) is 4.28. The van der Waals surface area contributed by atoms with Crippen LogP contribution in [-0.2, 0) is 0 Å². The number of hydrogen-bond donors (Lipinski definition) is 1. The van der Waals surface area contributed by atoms with Crippen LogP contribution in [0.3, 0.4) is 0 Å². The Kier molecular flexibility index (Phi) is 5.30. The van der Waals surface area contributed by atoms with Crippen molar-refractivity contribution in [3.05, 3.63) is 34.1 Å². The largest absolute Gasteiger partial charge is 0.391 e. The average Bonchev–Trinajstić information content (AvgIpc) is 2.44. The van der Waals surface area contributed by atoms with Gasteiger partial charge in [0.2, 0.25) is 0 Å². The van der Waals surface area contributed by atoms with Gasteiger partial charge in [-0.05, 0) is 54.2 Å². The molecule has 1 nitrogen and oxygen atoms in total. The fourth-order valence-electron chi connectivity index (χ4n) is 3.23.